The van der Waals surface area contributed by atoms with Crippen molar-refractivity contribution in [2.75, 3.05) is 4.90 Å². The maximum Gasteiger partial charge on any atom is 0.240 e. The Morgan fingerprint density at radius 1 is 1.11 bits per heavy atom. The van der Waals surface area contributed by atoms with Crippen molar-refractivity contribution in [2.24, 2.45) is 11.8 Å². The third-order valence-electron chi connectivity index (χ3n) is 6.13. The van der Waals surface area contributed by atoms with Gasteiger partial charge in [0.05, 0.1) is 47.7 Å². The summed E-state index contributed by atoms with van der Waals surface area (Å²) in [7, 11) is 0. The highest BCUT2D eigenvalue weighted by Crippen LogP contribution is 2.50. The number of carbonyl (C=O) groups is 2. The van der Waals surface area contributed by atoms with Crippen molar-refractivity contribution >= 4 is 29.1 Å². The van der Waals surface area contributed by atoms with Gasteiger partial charge in [-0.1, -0.05) is 29.8 Å². The molecule has 1 aromatic heterocycles. The molecule has 0 radical (unpaired) electrons. The maximum atomic E-state index is 13.1. The van der Waals surface area contributed by atoms with Crippen LogP contribution < -0.4 is 4.90 Å². The molecule has 0 saturated carbocycles. The average molecular weight is 386 g/mol. The van der Waals surface area contributed by atoms with Crippen LogP contribution in [0.1, 0.15) is 29.8 Å². The zero-order chi connectivity index (χ0) is 18.9. The predicted octanol–water partition coefficient (Wildman–Crippen LogP) is 2.87. The van der Waals surface area contributed by atoms with Gasteiger partial charge < -0.3 is 4.74 Å². The van der Waals surface area contributed by atoms with Crippen LogP contribution >= 0.6 is 11.6 Å². The van der Waals surface area contributed by atoms with Gasteiger partial charge in [0.25, 0.3) is 0 Å². The zero-order valence-corrected chi connectivity index (χ0v) is 15.9. The first kappa shape index (κ1) is 17.0. The van der Waals surface area contributed by atoms with Crippen LogP contribution in [0.15, 0.2) is 24.3 Å². The lowest BCUT2D eigenvalue weighted by molar-refractivity contribution is -0.124. The van der Waals surface area contributed by atoms with Gasteiger partial charge in [-0.25, -0.2) is 4.90 Å². The first-order valence-electron chi connectivity index (χ1n) is 9.28. The van der Waals surface area contributed by atoms with E-state index >= 15 is 0 Å². The van der Waals surface area contributed by atoms with Gasteiger partial charge in [-0.2, -0.15) is 5.10 Å². The SMILES string of the molecule is Cc1nn(Cc2ccccc2Cl)c(C)c1N1C(=O)[C@@H]2[C@@H](C1=O)[C@H]1CC[C@H]2O1. The smallest absolute Gasteiger partial charge is 0.240 e. The van der Waals surface area contributed by atoms with Crippen LogP contribution in [-0.2, 0) is 20.9 Å². The Morgan fingerprint density at radius 3 is 2.37 bits per heavy atom. The molecule has 5 rings (SSSR count). The number of hydrogen-bond donors (Lipinski definition) is 0. The van der Waals surface area contributed by atoms with Gasteiger partial charge in [0.2, 0.25) is 11.8 Å². The van der Waals surface area contributed by atoms with Crippen LogP contribution in [0.3, 0.4) is 0 Å². The molecule has 3 aliphatic rings. The van der Waals surface area contributed by atoms with Gasteiger partial charge >= 0.3 is 0 Å². The number of halogens is 1. The minimum absolute atomic E-state index is 0.111. The third kappa shape index (κ3) is 2.33. The van der Waals surface area contributed by atoms with Crippen molar-refractivity contribution in [1.82, 2.24) is 9.78 Å². The molecule has 4 heterocycles. The fourth-order valence-corrected chi connectivity index (χ4v) is 5.08. The minimum Gasteiger partial charge on any atom is -0.373 e. The molecule has 3 saturated heterocycles. The number of imide groups is 1. The Balaban J connectivity index is 1.51. The topological polar surface area (TPSA) is 64.4 Å². The molecule has 2 amide bonds. The van der Waals surface area contributed by atoms with Gasteiger partial charge in [0, 0.05) is 5.02 Å². The van der Waals surface area contributed by atoms with Crippen LogP contribution in [0.4, 0.5) is 5.69 Å². The lowest BCUT2D eigenvalue weighted by Gasteiger charge is -2.18. The van der Waals surface area contributed by atoms with Crippen LogP contribution in [0.25, 0.3) is 0 Å². The quantitative estimate of drug-likeness (QED) is 0.762. The highest BCUT2D eigenvalue weighted by molar-refractivity contribution is 6.31. The van der Waals surface area contributed by atoms with Gasteiger partial charge in [-0.3, -0.25) is 14.3 Å². The number of aryl methyl sites for hydroxylation is 1. The molecule has 27 heavy (non-hydrogen) atoms. The Kier molecular flexibility index (Phi) is 3.71. The molecule has 0 N–H and O–H groups in total. The second-order valence-electron chi connectivity index (χ2n) is 7.62. The number of aromatic nitrogens is 2. The van der Waals surface area contributed by atoms with Crippen LogP contribution in [0, 0.1) is 25.7 Å². The number of anilines is 1. The van der Waals surface area contributed by atoms with Crippen molar-refractivity contribution < 1.29 is 14.3 Å². The molecule has 4 atom stereocenters. The molecule has 140 valence electrons. The first-order valence-corrected chi connectivity index (χ1v) is 9.66. The molecular weight excluding hydrogens is 366 g/mol. The molecule has 0 unspecified atom stereocenters. The number of benzene rings is 1. The summed E-state index contributed by atoms with van der Waals surface area (Å²) in [5.41, 5.74) is 3.03. The van der Waals surface area contributed by atoms with E-state index in [0.717, 1.165) is 24.1 Å². The second kappa shape index (κ2) is 5.91. The van der Waals surface area contributed by atoms with E-state index in [-0.39, 0.29) is 35.9 Å². The standard InChI is InChI=1S/C20H20ClN3O3/c1-10-18(11(2)23(22-10)9-12-5-3-4-6-13(12)21)24-19(25)16-14-7-8-15(27-14)17(16)20(24)26/h3-6,14-17H,7-9H2,1-2H3/t14-,15-,16+,17+/m1/s1. The molecule has 1 aromatic carbocycles. The summed E-state index contributed by atoms with van der Waals surface area (Å²) in [6.45, 7) is 4.22. The summed E-state index contributed by atoms with van der Waals surface area (Å²) in [4.78, 5) is 27.5. The minimum atomic E-state index is -0.332. The Morgan fingerprint density at radius 2 is 1.74 bits per heavy atom. The van der Waals surface area contributed by atoms with E-state index in [1.54, 1.807) is 0 Å². The molecule has 3 fully saturated rings. The lowest BCUT2D eigenvalue weighted by Crippen LogP contribution is -2.35. The van der Waals surface area contributed by atoms with Crippen molar-refractivity contribution in [3.05, 3.63) is 46.2 Å². The maximum absolute atomic E-state index is 13.1. The highest BCUT2D eigenvalue weighted by atomic mass is 35.5. The summed E-state index contributed by atoms with van der Waals surface area (Å²) in [6.07, 6.45) is 1.51. The van der Waals surface area contributed by atoms with Crippen LogP contribution in [-0.4, -0.2) is 33.8 Å². The summed E-state index contributed by atoms with van der Waals surface area (Å²) >= 11 is 6.28. The molecular formula is C20H20ClN3O3. The molecule has 3 aliphatic heterocycles. The zero-order valence-electron chi connectivity index (χ0n) is 15.2. The van der Waals surface area contributed by atoms with Crippen molar-refractivity contribution in [1.29, 1.82) is 0 Å². The fourth-order valence-electron chi connectivity index (χ4n) is 4.89. The normalized spacial score (nSPS) is 29.1. The molecule has 2 bridgehead atoms. The van der Waals surface area contributed by atoms with Gasteiger partial charge in [0.1, 0.15) is 0 Å². The van der Waals surface area contributed by atoms with E-state index < -0.39 is 0 Å². The first-order chi connectivity index (χ1) is 13.0. The predicted molar refractivity (Wildman–Crippen MR) is 99.6 cm³/mol. The summed E-state index contributed by atoms with van der Waals surface area (Å²) in [5.74, 6) is -0.940. The van der Waals surface area contributed by atoms with E-state index in [1.165, 1.54) is 4.90 Å². The number of ether oxygens (including phenoxy) is 1. The van der Waals surface area contributed by atoms with Crippen molar-refractivity contribution in [2.45, 2.75) is 45.4 Å². The van der Waals surface area contributed by atoms with Gasteiger partial charge in [-0.05, 0) is 38.3 Å². The largest absolute Gasteiger partial charge is 0.373 e. The van der Waals surface area contributed by atoms with Gasteiger partial charge in [0.15, 0.2) is 0 Å². The van der Waals surface area contributed by atoms with E-state index in [9.17, 15) is 9.59 Å². The Bertz CT molecular complexity index is 941. The second-order valence-corrected chi connectivity index (χ2v) is 8.03. The van der Waals surface area contributed by atoms with Crippen LogP contribution in [0.2, 0.25) is 5.02 Å². The third-order valence-corrected chi connectivity index (χ3v) is 6.50. The van der Waals surface area contributed by atoms with Crippen LogP contribution in [0.5, 0.6) is 0 Å². The van der Waals surface area contributed by atoms with E-state index in [1.807, 2.05) is 42.8 Å². The number of amides is 2. The Labute approximate surface area is 162 Å². The molecule has 6 nitrogen and oxygen atoms in total. The number of hydrogen-bond acceptors (Lipinski definition) is 4. The number of fused-ring (bicyclic) bond motifs is 5. The molecule has 0 aliphatic carbocycles. The van der Waals surface area contributed by atoms with Crippen molar-refractivity contribution in [3.8, 4) is 0 Å². The number of rotatable bonds is 3. The summed E-state index contributed by atoms with van der Waals surface area (Å²) < 4.78 is 7.63. The fraction of sp³-hybridized carbons (Fsp3) is 0.450. The number of nitrogens with zero attached hydrogens (tertiary/aromatic N) is 3. The lowest BCUT2D eigenvalue weighted by atomic mass is 9.81. The van der Waals surface area contributed by atoms with Crippen molar-refractivity contribution in [3.63, 3.8) is 0 Å². The monoisotopic (exact) mass is 385 g/mol. The van der Waals surface area contributed by atoms with E-state index in [2.05, 4.69) is 5.10 Å². The number of carbonyl (C=O) groups excluding carboxylic acids is 2. The van der Waals surface area contributed by atoms with E-state index in [4.69, 9.17) is 16.3 Å². The highest BCUT2D eigenvalue weighted by Gasteiger charge is 2.63. The molecule has 2 aromatic rings. The molecule has 0 spiro atoms. The Hall–Kier alpha value is -2.18. The average Bonchev–Trinajstić information content (AvgIpc) is 3.37. The summed E-state index contributed by atoms with van der Waals surface area (Å²) in [6, 6.07) is 7.60. The summed E-state index contributed by atoms with van der Waals surface area (Å²) in [5, 5.41) is 5.26. The van der Waals surface area contributed by atoms with E-state index in [0.29, 0.717) is 22.9 Å². The van der Waals surface area contributed by atoms with Gasteiger partial charge in [-0.15, -0.1) is 0 Å². The molecule has 7 heteroatoms.